The van der Waals surface area contributed by atoms with Gasteiger partial charge >= 0.3 is 13.2 Å². The first-order chi connectivity index (χ1) is 12.1. The topological polar surface area (TPSA) is 79.2 Å². The van der Waals surface area contributed by atoms with Gasteiger partial charge in [0.05, 0.1) is 11.2 Å². The molecule has 0 unspecified atom stereocenters. The Bertz CT molecular complexity index is 617. The van der Waals surface area contributed by atoms with Crippen LogP contribution in [0.15, 0.2) is 24.3 Å². The van der Waals surface area contributed by atoms with Crippen molar-refractivity contribution in [1.82, 2.24) is 4.90 Å². The van der Waals surface area contributed by atoms with Crippen LogP contribution in [0.1, 0.15) is 54.0 Å². The van der Waals surface area contributed by atoms with Gasteiger partial charge in [0.1, 0.15) is 5.60 Å². The zero-order valence-corrected chi connectivity index (χ0v) is 17.9. The molecular formula is C20H34BNO5. The SMILES string of the molecule is CN(CCc1ccc(B(O)OC(C)(C)C(C)(C)O)cc1)C(=O)OC(C)(C)C. The van der Waals surface area contributed by atoms with Crippen LogP contribution in [0.5, 0.6) is 0 Å². The van der Waals surface area contributed by atoms with Gasteiger partial charge in [-0.3, -0.25) is 0 Å². The van der Waals surface area contributed by atoms with Crippen LogP contribution in [0, 0.1) is 0 Å². The van der Waals surface area contributed by atoms with Gasteiger partial charge in [-0.25, -0.2) is 4.79 Å². The molecule has 0 aliphatic carbocycles. The van der Waals surface area contributed by atoms with Crippen molar-refractivity contribution in [3.8, 4) is 0 Å². The second-order valence-electron chi connectivity index (χ2n) is 8.93. The lowest BCUT2D eigenvalue weighted by molar-refractivity contribution is -0.0982. The van der Waals surface area contributed by atoms with E-state index in [4.69, 9.17) is 9.39 Å². The van der Waals surface area contributed by atoms with E-state index in [1.54, 1.807) is 51.8 Å². The number of carbonyl (C=O) groups is 1. The van der Waals surface area contributed by atoms with E-state index in [2.05, 4.69) is 0 Å². The average Bonchev–Trinajstić information content (AvgIpc) is 2.49. The summed E-state index contributed by atoms with van der Waals surface area (Å²) in [5.74, 6) is 0. The van der Waals surface area contributed by atoms with Crippen LogP contribution in [-0.4, -0.2) is 58.6 Å². The van der Waals surface area contributed by atoms with Gasteiger partial charge in [0, 0.05) is 13.6 Å². The molecule has 0 spiro atoms. The Hall–Kier alpha value is -1.57. The standard InChI is InChI=1S/C20H34BNO5/c1-18(2,3)26-17(23)22(8)14-13-15-9-11-16(12-10-15)21(25)27-20(6,7)19(4,5)24/h9-12,24-25H,13-14H2,1-8H3. The van der Waals surface area contributed by atoms with Crippen LogP contribution in [0.4, 0.5) is 4.79 Å². The summed E-state index contributed by atoms with van der Waals surface area (Å²) in [4.78, 5) is 13.5. The molecule has 152 valence electrons. The van der Waals surface area contributed by atoms with Crippen LogP contribution >= 0.6 is 0 Å². The van der Waals surface area contributed by atoms with Crippen molar-refractivity contribution >= 4 is 18.7 Å². The van der Waals surface area contributed by atoms with Gasteiger partial charge in [-0.15, -0.1) is 0 Å². The maximum atomic E-state index is 12.0. The molecule has 0 aliphatic rings. The third kappa shape index (κ3) is 7.52. The van der Waals surface area contributed by atoms with E-state index >= 15 is 0 Å². The summed E-state index contributed by atoms with van der Waals surface area (Å²) >= 11 is 0. The number of likely N-dealkylation sites (N-methyl/N-ethyl adjacent to an activating group) is 1. The Morgan fingerprint density at radius 1 is 1.07 bits per heavy atom. The highest BCUT2D eigenvalue weighted by Crippen LogP contribution is 2.25. The van der Waals surface area contributed by atoms with Crippen molar-refractivity contribution in [2.24, 2.45) is 0 Å². The van der Waals surface area contributed by atoms with E-state index in [1.165, 1.54) is 0 Å². The Morgan fingerprint density at radius 3 is 2.04 bits per heavy atom. The molecule has 0 saturated heterocycles. The Balaban J connectivity index is 2.63. The van der Waals surface area contributed by atoms with E-state index in [0.29, 0.717) is 18.4 Å². The zero-order chi connectivity index (χ0) is 21.0. The number of rotatable bonds is 7. The fourth-order valence-corrected chi connectivity index (χ4v) is 2.07. The summed E-state index contributed by atoms with van der Waals surface area (Å²) in [5, 5.41) is 20.5. The maximum absolute atomic E-state index is 12.0. The first-order valence-corrected chi connectivity index (χ1v) is 9.23. The molecule has 27 heavy (non-hydrogen) atoms. The number of aliphatic hydroxyl groups is 1. The lowest BCUT2D eigenvalue weighted by Crippen LogP contribution is -2.53. The fourth-order valence-electron chi connectivity index (χ4n) is 2.07. The summed E-state index contributed by atoms with van der Waals surface area (Å²) in [7, 11) is 0.573. The first kappa shape index (κ1) is 23.5. The molecule has 0 saturated carbocycles. The van der Waals surface area contributed by atoms with Crippen LogP contribution in [-0.2, 0) is 15.8 Å². The van der Waals surface area contributed by atoms with Crippen LogP contribution in [0.2, 0.25) is 0 Å². The van der Waals surface area contributed by atoms with Crippen LogP contribution < -0.4 is 5.46 Å². The predicted octanol–water partition coefficient (Wildman–Crippen LogP) is 2.35. The maximum Gasteiger partial charge on any atom is 0.491 e. The van der Waals surface area contributed by atoms with Crippen molar-refractivity contribution in [3.63, 3.8) is 0 Å². The number of ether oxygens (including phenoxy) is 1. The Morgan fingerprint density at radius 2 is 1.59 bits per heavy atom. The van der Waals surface area contributed by atoms with Crippen LogP contribution in [0.3, 0.4) is 0 Å². The molecule has 0 aromatic heterocycles. The van der Waals surface area contributed by atoms with Crippen molar-refractivity contribution in [3.05, 3.63) is 29.8 Å². The molecule has 1 rings (SSSR count). The van der Waals surface area contributed by atoms with E-state index < -0.39 is 23.9 Å². The molecule has 7 heteroatoms. The molecule has 6 nitrogen and oxygen atoms in total. The molecule has 1 aromatic rings. The number of hydrogen-bond acceptors (Lipinski definition) is 5. The Labute approximate surface area is 163 Å². The predicted molar refractivity (Wildman–Crippen MR) is 108 cm³/mol. The van der Waals surface area contributed by atoms with Crippen molar-refractivity contribution in [2.45, 2.75) is 71.7 Å². The number of nitrogens with zero attached hydrogens (tertiary/aromatic N) is 1. The van der Waals surface area contributed by atoms with Gasteiger partial charge in [0.25, 0.3) is 0 Å². The highest BCUT2D eigenvalue weighted by molar-refractivity contribution is 6.60. The lowest BCUT2D eigenvalue weighted by Gasteiger charge is -2.38. The molecule has 0 heterocycles. The van der Waals surface area contributed by atoms with Gasteiger partial charge in [0.15, 0.2) is 0 Å². The summed E-state index contributed by atoms with van der Waals surface area (Å²) in [5.41, 5.74) is -0.888. The molecule has 1 aromatic carbocycles. The first-order valence-electron chi connectivity index (χ1n) is 9.23. The molecule has 0 atom stereocenters. The van der Waals surface area contributed by atoms with Crippen molar-refractivity contribution in [2.75, 3.05) is 13.6 Å². The van der Waals surface area contributed by atoms with E-state index in [0.717, 1.165) is 5.56 Å². The molecule has 2 N–H and O–H groups in total. The van der Waals surface area contributed by atoms with E-state index in [9.17, 15) is 14.9 Å². The molecular weight excluding hydrogens is 345 g/mol. The molecule has 0 fully saturated rings. The van der Waals surface area contributed by atoms with Crippen molar-refractivity contribution < 1.29 is 24.3 Å². The summed E-state index contributed by atoms with van der Waals surface area (Å²) in [6.45, 7) is 12.8. The molecule has 1 amide bonds. The lowest BCUT2D eigenvalue weighted by atomic mass is 9.76. The molecule has 0 aliphatic heterocycles. The third-order valence-electron chi connectivity index (χ3n) is 4.59. The minimum Gasteiger partial charge on any atom is -0.444 e. The fraction of sp³-hybridized carbons (Fsp3) is 0.650. The number of hydrogen-bond donors (Lipinski definition) is 2. The largest absolute Gasteiger partial charge is 0.491 e. The van der Waals surface area contributed by atoms with E-state index in [1.807, 2.05) is 32.9 Å². The van der Waals surface area contributed by atoms with Crippen molar-refractivity contribution in [1.29, 1.82) is 0 Å². The second-order valence-corrected chi connectivity index (χ2v) is 8.93. The minimum atomic E-state index is -1.13. The van der Waals surface area contributed by atoms with Gasteiger partial charge in [-0.1, -0.05) is 24.3 Å². The van der Waals surface area contributed by atoms with Gasteiger partial charge in [-0.2, -0.15) is 0 Å². The normalized spacial score (nSPS) is 12.7. The summed E-state index contributed by atoms with van der Waals surface area (Å²) in [6.07, 6.45) is 0.319. The summed E-state index contributed by atoms with van der Waals surface area (Å²) in [6, 6.07) is 7.35. The number of carbonyl (C=O) groups excluding carboxylic acids is 1. The third-order valence-corrected chi connectivity index (χ3v) is 4.59. The number of amides is 1. The highest BCUT2D eigenvalue weighted by atomic mass is 16.6. The van der Waals surface area contributed by atoms with Gasteiger partial charge in [-0.05, 0) is 65.9 Å². The molecule has 0 bridgehead atoms. The van der Waals surface area contributed by atoms with Gasteiger partial charge in [0.2, 0.25) is 0 Å². The smallest absolute Gasteiger partial charge is 0.444 e. The van der Waals surface area contributed by atoms with Gasteiger partial charge < -0.3 is 24.4 Å². The highest BCUT2D eigenvalue weighted by Gasteiger charge is 2.39. The number of benzene rings is 1. The Kier molecular flexibility index (Phi) is 7.50. The molecule has 0 radical (unpaired) electrons. The minimum absolute atomic E-state index is 0.350. The zero-order valence-electron chi connectivity index (χ0n) is 17.9. The quantitative estimate of drug-likeness (QED) is 0.711. The second kappa shape index (κ2) is 8.63. The van der Waals surface area contributed by atoms with E-state index in [-0.39, 0.29) is 6.09 Å². The monoisotopic (exact) mass is 379 g/mol. The van der Waals surface area contributed by atoms with Crippen LogP contribution in [0.25, 0.3) is 0 Å². The summed E-state index contributed by atoms with van der Waals surface area (Å²) < 4.78 is 11.0. The average molecular weight is 379 g/mol.